The molecular weight excluding hydrogens is 444 g/mol. The van der Waals surface area contributed by atoms with E-state index in [4.69, 9.17) is 4.84 Å². The smallest absolute Gasteiger partial charge is 0.262 e. The summed E-state index contributed by atoms with van der Waals surface area (Å²) >= 11 is 3.46. The standard InChI is InChI=1S/C24H19BrN2O3/c25-18-13-11-17(12-14-18)21-20-22(30-27(21)19-9-5-2-6-10-19)24(29)26(23(20)28)15-16-7-3-1-4-8-16/h1-14,20-22H,15H2/t20-,21-,22+/m1/s1. The number of para-hydroxylation sites is 1. The molecule has 2 saturated heterocycles. The molecule has 2 fully saturated rings. The van der Waals surface area contributed by atoms with Crippen molar-refractivity contribution in [3.8, 4) is 0 Å². The second-order valence-corrected chi connectivity index (χ2v) is 8.37. The monoisotopic (exact) mass is 462 g/mol. The number of carbonyl (C=O) groups is 2. The van der Waals surface area contributed by atoms with E-state index in [1.54, 1.807) is 5.06 Å². The number of halogens is 1. The average Bonchev–Trinajstić information content (AvgIpc) is 3.28. The molecule has 3 aromatic rings. The molecule has 5 nitrogen and oxygen atoms in total. The van der Waals surface area contributed by atoms with Crippen LogP contribution in [0.25, 0.3) is 0 Å². The van der Waals surface area contributed by atoms with Gasteiger partial charge < -0.3 is 0 Å². The lowest BCUT2D eigenvalue weighted by atomic mass is 9.90. The van der Waals surface area contributed by atoms with Crippen molar-refractivity contribution in [3.63, 3.8) is 0 Å². The van der Waals surface area contributed by atoms with Crippen LogP contribution in [0.4, 0.5) is 5.69 Å². The number of likely N-dealkylation sites (tertiary alicyclic amines) is 1. The van der Waals surface area contributed by atoms with Crippen LogP contribution in [0, 0.1) is 5.92 Å². The molecule has 0 saturated carbocycles. The fourth-order valence-electron chi connectivity index (χ4n) is 4.19. The number of anilines is 1. The summed E-state index contributed by atoms with van der Waals surface area (Å²) in [6, 6.07) is 26.6. The van der Waals surface area contributed by atoms with Crippen molar-refractivity contribution in [2.45, 2.75) is 18.7 Å². The number of carbonyl (C=O) groups excluding carboxylic acids is 2. The third kappa shape index (κ3) is 3.22. The molecule has 3 atom stereocenters. The second kappa shape index (κ2) is 7.70. The Morgan fingerprint density at radius 1 is 0.800 bits per heavy atom. The molecule has 0 radical (unpaired) electrons. The van der Waals surface area contributed by atoms with Crippen LogP contribution in [-0.2, 0) is 21.0 Å². The van der Waals surface area contributed by atoms with E-state index in [1.807, 2.05) is 84.9 Å². The molecule has 2 heterocycles. The summed E-state index contributed by atoms with van der Waals surface area (Å²) in [6.07, 6.45) is -0.824. The third-order valence-electron chi connectivity index (χ3n) is 5.61. The lowest BCUT2D eigenvalue weighted by molar-refractivity contribution is -0.143. The lowest BCUT2D eigenvalue weighted by Gasteiger charge is -2.28. The summed E-state index contributed by atoms with van der Waals surface area (Å²) in [4.78, 5) is 34.0. The predicted octanol–water partition coefficient (Wildman–Crippen LogP) is 4.50. The van der Waals surface area contributed by atoms with Gasteiger partial charge in [0.05, 0.1) is 18.3 Å². The van der Waals surface area contributed by atoms with E-state index in [0.717, 1.165) is 21.3 Å². The Bertz CT molecular complexity index is 1070. The maximum Gasteiger partial charge on any atom is 0.262 e. The van der Waals surface area contributed by atoms with Gasteiger partial charge in [0.25, 0.3) is 5.91 Å². The van der Waals surface area contributed by atoms with E-state index in [2.05, 4.69) is 15.9 Å². The number of rotatable bonds is 4. The Balaban J connectivity index is 1.52. The normalized spacial score (nSPS) is 23.2. The van der Waals surface area contributed by atoms with Gasteiger partial charge in [-0.25, -0.2) is 5.06 Å². The second-order valence-electron chi connectivity index (χ2n) is 7.46. The first-order valence-corrected chi connectivity index (χ1v) is 10.6. The van der Waals surface area contributed by atoms with Crippen LogP contribution in [0.15, 0.2) is 89.4 Å². The zero-order chi connectivity index (χ0) is 20.7. The number of hydrogen-bond acceptors (Lipinski definition) is 4. The number of hydrogen-bond donors (Lipinski definition) is 0. The first-order chi connectivity index (χ1) is 14.6. The maximum absolute atomic E-state index is 13.4. The zero-order valence-corrected chi connectivity index (χ0v) is 17.6. The SMILES string of the molecule is O=C1[C@H]2[C@H](ON(c3ccccc3)[C@@H]2c2ccc(Br)cc2)C(=O)N1Cc1ccccc1. The number of benzene rings is 3. The minimum atomic E-state index is -0.824. The molecule has 0 N–H and O–H groups in total. The van der Waals surface area contributed by atoms with Crippen molar-refractivity contribution in [2.75, 3.05) is 5.06 Å². The van der Waals surface area contributed by atoms with Crippen LogP contribution in [0.1, 0.15) is 17.2 Å². The minimum Gasteiger partial charge on any atom is -0.275 e. The van der Waals surface area contributed by atoms with Crippen LogP contribution in [0.3, 0.4) is 0 Å². The number of hydroxylamine groups is 1. The third-order valence-corrected chi connectivity index (χ3v) is 6.14. The van der Waals surface area contributed by atoms with Gasteiger partial charge in [-0.05, 0) is 35.4 Å². The van der Waals surface area contributed by atoms with Gasteiger partial charge in [0.1, 0.15) is 5.92 Å². The fourth-order valence-corrected chi connectivity index (χ4v) is 4.46. The molecule has 30 heavy (non-hydrogen) atoms. The molecule has 2 aliphatic heterocycles. The largest absolute Gasteiger partial charge is 0.275 e. The topological polar surface area (TPSA) is 49.9 Å². The van der Waals surface area contributed by atoms with Gasteiger partial charge in [-0.3, -0.25) is 19.3 Å². The van der Waals surface area contributed by atoms with Crippen LogP contribution < -0.4 is 5.06 Å². The van der Waals surface area contributed by atoms with Gasteiger partial charge >= 0.3 is 0 Å². The summed E-state index contributed by atoms with van der Waals surface area (Å²) < 4.78 is 0.951. The summed E-state index contributed by atoms with van der Waals surface area (Å²) in [5, 5.41) is 1.72. The predicted molar refractivity (Wildman–Crippen MR) is 116 cm³/mol. The van der Waals surface area contributed by atoms with Crippen LogP contribution in [0.2, 0.25) is 0 Å². The zero-order valence-electron chi connectivity index (χ0n) is 16.0. The van der Waals surface area contributed by atoms with E-state index < -0.39 is 12.0 Å². The molecule has 2 aliphatic rings. The number of imide groups is 1. The summed E-state index contributed by atoms with van der Waals surface area (Å²) in [6.45, 7) is 0.257. The highest BCUT2D eigenvalue weighted by atomic mass is 79.9. The molecule has 0 bridgehead atoms. The van der Waals surface area contributed by atoms with Gasteiger partial charge in [-0.2, -0.15) is 0 Å². The molecule has 6 heteroatoms. The summed E-state index contributed by atoms with van der Waals surface area (Å²) in [7, 11) is 0. The van der Waals surface area contributed by atoms with Crippen LogP contribution in [0.5, 0.6) is 0 Å². The molecule has 2 amide bonds. The Morgan fingerprint density at radius 3 is 2.10 bits per heavy atom. The number of nitrogens with zero attached hydrogens (tertiary/aromatic N) is 2. The fraction of sp³-hybridized carbons (Fsp3) is 0.167. The number of fused-ring (bicyclic) bond motifs is 1. The Labute approximate surface area is 183 Å². The van der Waals surface area contributed by atoms with Gasteiger partial charge in [-0.1, -0.05) is 76.6 Å². The number of amides is 2. The molecule has 5 rings (SSSR count). The van der Waals surface area contributed by atoms with Crippen molar-refractivity contribution < 1.29 is 14.4 Å². The first kappa shape index (κ1) is 19.0. The summed E-state index contributed by atoms with van der Waals surface area (Å²) in [5.41, 5.74) is 2.66. The van der Waals surface area contributed by atoms with E-state index in [1.165, 1.54) is 4.90 Å². The molecule has 3 aromatic carbocycles. The molecule has 0 spiro atoms. The minimum absolute atomic E-state index is 0.194. The molecule has 0 aromatic heterocycles. The Kier molecular flexibility index (Phi) is 4.89. The van der Waals surface area contributed by atoms with Crippen molar-refractivity contribution in [1.29, 1.82) is 0 Å². The van der Waals surface area contributed by atoms with Gasteiger partial charge in [0.15, 0.2) is 6.10 Å². The molecule has 0 unspecified atom stereocenters. The van der Waals surface area contributed by atoms with Crippen molar-refractivity contribution in [2.24, 2.45) is 5.92 Å². The highest BCUT2D eigenvalue weighted by molar-refractivity contribution is 9.10. The van der Waals surface area contributed by atoms with Crippen molar-refractivity contribution in [3.05, 3.63) is 101 Å². The van der Waals surface area contributed by atoms with E-state index in [-0.39, 0.29) is 24.4 Å². The Hall–Kier alpha value is -2.96. The van der Waals surface area contributed by atoms with E-state index in [9.17, 15) is 9.59 Å². The summed E-state index contributed by atoms with van der Waals surface area (Å²) in [5.74, 6) is -1.07. The molecule has 150 valence electrons. The Morgan fingerprint density at radius 2 is 1.43 bits per heavy atom. The average molecular weight is 463 g/mol. The van der Waals surface area contributed by atoms with Crippen molar-refractivity contribution >= 4 is 33.4 Å². The van der Waals surface area contributed by atoms with E-state index >= 15 is 0 Å². The van der Waals surface area contributed by atoms with Gasteiger partial charge in [0.2, 0.25) is 5.91 Å². The maximum atomic E-state index is 13.4. The molecular formula is C24H19BrN2O3. The van der Waals surface area contributed by atoms with Crippen molar-refractivity contribution in [1.82, 2.24) is 4.90 Å². The van der Waals surface area contributed by atoms with Gasteiger partial charge in [-0.15, -0.1) is 0 Å². The molecule has 0 aliphatic carbocycles. The van der Waals surface area contributed by atoms with Gasteiger partial charge in [0, 0.05) is 4.47 Å². The van der Waals surface area contributed by atoms with Crippen LogP contribution in [-0.4, -0.2) is 22.8 Å². The first-order valence-electron chi connectivity index (χ1n) is 9.79. The lowest BCUT2D eigenvalue weighted by Crippen LogP contribution is -2.36. The highest BCUT2D eigenvalue weighted by Gasteiger charge is 2.59. The quantitative estimate of drug-likeness (QED) is 0.535. The van der Waals surface area contributed by atoms with Crippen LogP contribution >= 0.6 is 15.9 Å². The highest BCUT2D eigenvalue weighted by Crippen LogP contribution is 2.47. The van der Waals surface area contributed by atoms with E-state index in [0.29, 0.717) is 0 Å².